The number of hydrogen-bond donors (Lipinski definition) is 1. The lowest BCUT2D eigenvalue weighted by Gasteiger charge is -2.03. The van der Waals surface area contributed by atoms with E-state index in [1.165, 1.54) is 11.8 Å². The molecular weight excluding hydrogens is 344 g/mol. The summed E-state index contributed by atoms with van der Waals surface area (Å²) in [7, 11) is 0. The minimum absolute atomic E-state index is 0.251. The van der Waals surface area contributed by atoms with Gasteiger partial charge in [0, 0.05) is 11.1 Å². The van der Waals surface area contributed by atoms with Gasteiger partial charge in [-0.05, 0) is 18.3 Å². The van der Waals surface area contributed by atoms with Crippen LogP contribution in [-0.2, 0) is 6.54 Å². The molecule has 1 aromatic carbocycles. The number of H-pyrrole nitrogens is 1. The number of para-hydroxylation sites is 1. The minimum Gasteiger partial charge on any atom is -0.412 e. The minimum atomic E-state index is 0.251. The van der Waals surface area contributed by atoms with Crippen LogP contribution >= 0.6 is 24.0 Å². The van der Waals surface area contributed by atoms with Gasteiger partial charge in [-0.1, -0.05) is 36.0 Å². The molecule has 3 heterocycles. The highest BCUT2D eigenvalue weighted by molar-refractivity contribution is 7.99. The van der Waals surface area contributed by atoms with Crippen molar-refractivity contribution in [2.45, 2.75) is 11.7 Å². The maximum atomic E-state index is 5.39. The van der Waals surface area contributed by atoms with Crippen LogP contribution in [0.3, 0.4) is 0 Å². The number of aromatic nitrogens is 6. The van der Waals surface area contributed by atoms with Gasteiger partial charge in [-0.15, -0.1) is 21.9 Å². The summed E-state index contributed by atoms with van der Waals surface area (Å²) in [6, 6.07) is 7.95. The fourth-order valence-electron chi connectivity index (χ4n) is 2.51. The number of rotatable bonds is 5. The summed E-state index contributed by atoms with van der Waals surface area (Å²) in [5, 5.41) is 16.9. The maximum Gasteiger partial charge on any atom is 0.284 e. The zero-order valence-electron chi connectivity index (χ0n) is 12.5. The van der Waals surface area contributed by atoms with Gasteiger partial charge in [0.1, 0.15) is 12.1 Å². The van der Waals surface area contributed by atoms with Crippen LogP contribution < -0.4 is 0 Å². The number of aromatic amines is 1. The molecule has 1 N–H and O–H groups in total. The van der Waals surface area contributed by atoms with Crippen LogP contribution in [0, 0.1) is 4.84 Å². The van der Waals surface area contributed by atoms with Gasteiger partial charge in [-0.2, -0.15) is 0 Å². The lowest BCUT2D eigenvalue weighted by atomic mass is 10.2. The molecule has 9 heteroatoms. The van der Waals surface area contributed by atoms with Gasteiger partial charge in [-0.25, -0.2) is 10.1 Å². The predicted octanol–water partition coefficient (Wildman–Crippen LogP) is 3.35. The van der Waals surface area contributed by atoms with Crippen molar-refractivity contribution in [2.24, 2.45) is 0 Å². The molecule has 0 aliphatic carbocycles. The van der Waals surface area contributed by atoms with E-state index in [0.717, 1.165) is 27.8 Å². The van der Waals surface area contributed by atoms with Gasteiger partial charge >= 0.3 is 0 Å². The van der Waals surface area contributed by atoms with Gasteiger partial charge in [-0.3, -0.25) is 0 Å². The fourth-order valence-corrected chi connectivity index (χ4v) is 3.17. The number of benzene rings is 1. The third-order valence-corrected chi connectivity index (χ3v) is 4.47. The van der Waals surface area contributed by atoms with E-state index in [1.54, 1.807) is 0 Å². The first kappa shape index (κ1) is 15.0. The quantitative estimate of drug-likeness (QED) is 0.333. The smallest absolute Gasteiger partial charge is 0.284 e. The number of nitrogens with one attached hydrogen (secondary N) is 1. The maximum absolute atomic E-state index is 5.39. The number of thioether (sulfide) groups is 1. The Kier molecular flexibility index (Phi) is 3.87. The van der Waals surface area contributed by atoms with Crippen molar-refractivity contribution < 1.29 is 4.42 Å². The predicted molar refractivity (Wildman–Crippen MR) is 94.5 cm³/mol. The average molecular weight is 356 g/mol. The van der Waals surface area contributed by atoms with E-state index in [1.807, 2.05) is 34.9 Å². The highest BCUT2D eigenvalue weighted by Gasteiger charge is 2.16. The van der Waals surface area contributed by atoms with Crippen molar-refractivity contribution in [3.05, 3.63) is 47.6 Å². The molecule has 0 fully saturated rings. The van der Waals surface area contributed by atoms with Crippen molar-refractivity contribution in [1.82, 2.24) is 29.9 Å². The number of fused-ring (bicyclic) bond motifs is 3. The summed E-state index contributed by atoms with van der Waals surface area (Å²) in [6.45, 7) is 4.12. The van der Waals surface area contributed by atoms with Crippen LogP contribution in [0.5, 0.6) is 0 Å². The first-order valence-electron chi connectivity index (χ1n) is 7.16. The van der Waals surface area contributed by atoms with Crippen molar-refractivity contribution in [3.8, 4) is 0 Å². The molecule has 4 rings (SSSR count). The molecule has 0 amide bonds. The van der Waals surface area contributed by atoms with E-state index in [-0.39, 0.29) is 4.84 Å². The Morgan fingerprint density at radius 1 is 1.33 bits per heavy atom. The SMILES string of the molecule is C=CCSc1nnc2c3ccccc3n(Cc3n[nH]c(=S)o3)c2n1. The summed E-state index contributed by atoms with van der Waals surface area (Å²) in [4.78, 5) is 4.90. The second-order valence-electron chi connectivity index (χ2n) is 4.98. The Hall–Kier alpha value is -2.52. The van der Waals surface area contributed by atoms with E-state index >= 15 is 0 Å². The van der Waals surface area contributed by atoms with E-state index < -0.39 is 0 Å². The van der Waals surface area contributed by atoms with Crippen molar-refractivity contribution in [3.63, 3.8) is 0 Å². The molecule has 0 spiro atoms. The van der Waals surface area contributed by atoms with E-state index in [9.17, 15) is 0 Å². The Labute approximate surface area is 145 Å². The monoisotopic (exact) mass is 356 g/mol. The average Bonchev–Trinajstić information content (AvgIpc) is 3.15. The Morgan fingerprint density at radius 3 is 3.00 bits per heavy atom. The molecule has 0 atom stereocenters. The normalized spacial score (nSPS) is 11.3. The summed E-state index contributed by atoms with van der Waals surface area (Å²) in [5.41, 5.74) is 2.48. The number of nitrogens with zero attached hydrogens (tertiary/aromatic N) is 5. The molecule has 24 heavy (non-hydrogen) atoms. The molecule has 3 aromatic heterocycles. The first-order valence-corrected chi connectivity index (χ1v) is 8.55. The topological polar surface area (TPSA) is 85.4 Å². The standard InChI is InChI=1S/C15H12N6OS2/c1-2-7-24-14-16-13-12(18-19-14)9-5-3-4-6-10(9)21(13)8-11-17-20-15(23)22-11/h2-6H,1,7-8H2,(H,20,23). The molecule has 0 aliphatic heterocycles. The Bertz CT molecular complexity index is 1100. The van der Waals surface area contributed by atoms with Crippen molar-refractivity contribution in [2.75, 3.05) is 5.75 Å². The summed E-state index contributed by atoms with van der Waals surface area (Å²) in [5.74, 6) is 1.21. The highest BCUT2D eigenvalue weighted by atomic mass is 32.2. The second kappa shape index (κ2) is 6.17. The second-order valence-corrected chi connectivity index (χ2v) is 6.33. The molecule has 0 radical (unpaired) electrons. The molecular formula is C15H12N6OS2. The summed E-state index contributed by atoms with van der Waals surface area (Å²) < 4.78 is 7.40. The van der Waals surface area contributed by atoms with Crippen LogP contribution in [-0.4, -0.2) is 35.7 Å². The molecule has 0 saturated heterocycles. The third-order valence-electron chi connectivity index (χ3n) is 3.46. The van der Waals surface area contributed by atoms with Crippen LogP contribution in [0.1, 0.15) is 5.89 Å². The van der Waals surface area contributed by atoms with Gasteiger partial charge < -0.3 is 8.98 Å². The zero-order chi connectivity index (χ0) is 16.5. The number of hydrogen-bond acceptors (Lipinski definition) is 7. The molecule has 0 aliphatic rings. The van der Waals surface area contributed by atoms with Crippen LogP contribution in [0.4, 0.5) is 0 Å². The third kappa shape index (κ3) is 2.61. The van der Waals surface area contributed by atoms with Gasteiger partial charge in [0.05, 0.1) is 5.52 Å². The van der Waals surface area contributed by atoms with Crippen molar-refractivity contribution >= 4 is 46.0 Å². The molecule has 0 bridgehead atoms. The first-order chi connectivity index (χ1) is 11.8. The molecule has 0 unspecified atom stereocenters. The van der Waals surface area contributed by atoms with Crippen LogP contribution in [0.15, 0.2) is 46.5 Å². The van der Waals surface area contributed by atoms with E-state index in [4.69, 9.17) is 16.6 Å². The lowest BCUT2D eigenvalue weighted by molar-refractivity contribution is 0.471. The zero-order valence-corrected chi connectivity index (χ0v) is 14.1. The van der Waals surface area contributed by atoms with Gasteiger partial charge in [0.2, 0.25) is 11.0 Å². The summed E-state index contributed by atoms with van der Waals surface area (Å²) >= 11 is 6.43. The van der Waals surface area contributed by atoms with Gasteiger partial charge in [0.25, 0.3) is 4.84 Å². The summed E-state index contributed by atoms with van der Waals surface area (Å²) in [6.07, 6.45) is 1.81. The lowest BCUT2D eigenvalue weighted by Crippen LogP contribution is -2.02. The van der Waals surface area contributed by atoms with Gasteiger partial charge in [0.15, 0.2) is 5.65 Å². The Balaban J connectivity index is 1.92. The fraction of sp³-hybridized carbons (Fsp3) is 0.133. The van der Waals surface area contributed by atoms with Crippen LogP contribution in [0.2, 0.25) is 0 Å². The molecule has 0 saturated carbocycles. The van der Waals surface area contributed by atoms with E-state index in [2.05, 4.69) is 32.0 Å². The molecule has 120 valence electrons. The van der Waals surface area contributed by atoms with Crippen molar-refractivity contribution in [1.29, 1.82) is 0 Å². The largest absolute Gasteiger partial charge is 0.412 e. The van der Waals surface area contributed by atoms with E-state index in [0.29, 0.717) is 17.6 Å². The highest BCUT2D eigenvalue weighted by Crippen LogP contribution is 2.27. The molecule has 7 nitrogen and oxygen atoms in total. The van der Waals surface area contributed by atoms with Crippen LogP contribution in [0.25, 0.3) is 22.1 Å². The Morgan fingerprint density at radius 2 is 2.21 bits per heavy atom. The molecule has 4 aromatic rings.